The van der Waals surface area contributed by atoms with Crippen LogP contribution in [0, 0.1) is 5.92 Å². The van der Waals surface area contributed by atoms with E-state index in [1.165, 1.54) is 0 Å². The fourth-order valence-corrected chi connectivity index (χ4v) is 3.42. The maximum atomic E-state index is 12.9. The van der Waals surface area contributed by atoms with E-state index in [-0.39, 0.29) is 29.4 Å². The normalized spacial score (nSPS) is 16.5. The van der Waals surface area contributed by atoms with Gasteiger partial charge < -0.3 is 20.0 Å². The summed E-state index contributed by atoms with van der Waals surface area (Å²) < 4.78 is 5.56. The molecular weight excluding hydrogens is 354 g/mol. The van der Waals surface area contributed by atoms with E-state index in [4.69, 9.17) is 4.42 Å². The highest BCUT2D eigenvalue weighted by Gasteiger charge is 2.30. The Balaban J connectivity index is 1.61. The van der Waals surface area contributed by atoms with Crippen LogP contribution in [0.2, 0.25) is 0 Å². The first-order chi connectivity index (χ1) is 13.3. The van der Waals surface area contributed by atoms with Gasteiger partial charge in [-0.15, -0.1) is 0 Å². The Labute approximate surface area is 166 Å². The number of amides is 3. The summed E-state index contributed by atoms with van der Waals surface area (Å²) >= 11 is 0. The first-order valence-electron chi connectivity index (χ1n) is 9.79. The van der Waals surface area contributed by atoms with Gasteiger partial charge in [0.2, 0.25) is 5.91 Å². The molecule has 2 heterocycles. The van der Waals surface area contributed by atoms with Gasteiger partial charge in [0, 0.05) is 24.5 Å². The fourth-order valence-electron chi connectivity index (χ4n) is 3.42. The smallest absolute Gasteiger partial charge is 0.317 e. The van der Waals surface area contributed by atoms with E-state index in [9.17, 15) is 9.59 Å². The van der Waals surface area contributed by atoms with Crippen LogP contribution in [0.15, 0.2) is 53.1 Å². The summed E-state index contributed by atoms with van der Waals surface area (Å²) in [5.74, 6) is 0.600. The van der Waals surface area contributed by atoms with Gasteiger partial charge in [-0.25, -0.2) is 4.79 Å². The summed E-state index contributed by atoms with van der Waals surface area (Å²) in [4.78, 5) is 27.0. The molecule has 1 aliphatic heterocycles. The van der Waals surface area contributed by atoms with E-state index in [0.717, 1.165) is 5.56 Å². The predicted octanol–water partition coefficient (Wildman–Crippen LogP) is 3.71. The van der Waals surface area contributed by atoms with E-state index in [2.05, 4.69) is 10.6 Å². The molecule has 0 saturated carbocycles. The number of piperidine rings is 1. The van der Waals surface area contributed by atoms with Crippen LogP contribution in [0.3, 0.4) is 0 Å². The summed E-state index contributed by atoms with van der Waals surface area (Å²) in [6.45, 7) is 7.05. The third kappa shape index (κ3) is 5.15. The Hall–Kier alpha value is -2.76. The van der Waals surface area contributed by atoms with Crippen LogP contribution < -0.4 is 10.6 Å². The van der Waals surface area contributed by atoms with Gasteiger partial charge in [-0.2, -0.15) is 0 Å². The van der Waals surface area contributed by atoms with Crippen molar-refractivity contribution < 1.29 is 14.0 Å². The van der Waals surface area contributed by atoms with Crippen molar-refractivity contribution in [1.29, 1.82) is 0 Å². The zero-order valence-corrected chi connectivity index (χ0v) is 16.8. The molecule has 1 aliphatic rings. The van der Waals surface area contributed by atoms with Gasteiger partial charge >= 0.3 is 6.03 Å². The monoisotopic (exact) mass is 383 g/mol. The second kappa shape index (κ2) is 8.50. The molecule has 0 spiro atoms. The molecule has 6 heteroatoms. The molecule has 0 radical (unpaired) electrons. The lowest BCUT2D eigenvalue weighted by Gasteiger charge is -2.34. The van der Waals surface area contributed by atoms with E-state index >= 15 is 0 Å². The SMILES string of the molecule is CC(C)(C)NC(=O)N1CCC(C(=O)NC(c2ccccc2)c2ccco2)CC1. The Morgan fingerprint density at radius 2 is 1.75 bits per heavy atom. The Morgan fingerprint density at radius 3 is 2.32 bits per heavy atom. The third-order valence-corrected chi connectivity index (χ3v) is 4.88. The van der Waals surface area contributed by atoms with E-state index in [0.29, 0.717) is 31.7 Å². The number of hydrogen-bond acceptors (Lipinski definition) is 3. The van der Waals surface area contributed by atoms with Gasteiger partial charge in [-0.1, -0.05) is 30.3 Å². The van der Waals surface area contributed by atoms with Gasteiger partial charge in [0.05, 0.1) is 6.26 Å². The van der Waals surface area contributed by atoms with Gasteiger partial charge in [0.1, 0.15) is 11.8 Å². The number of nitrogens with one attached hydrogen (secondary N) is 2. The van der Waals surface area contributed by atoms with Gasteiger partial charge in [0.25, 0.3) is 0 Å². The first-order valence-corrected chi connectivity index (χ1v) is 9.79. The van der Waals surface area contributed by atoms with Crippen molar-refractivity contribution in [2.45, 2.75) is 45.2 Å². The van der Waals surface area contributed by atoms with Crippen molar-refractivity contribution in [3.05, 3.63) is 60.1 Å². The quantitative estimate of drug-likeness (QED) is 0.845. The fraction of sp³-hybridized carbons (Fsp3) is 0.455. The summed E-state index contributed by atoms with van der Waals surface area (Å²) in [7, 11) is 0. The zero-order valence-electron chi connectivity index (χ0n) is 16.8. The second-order valence-corrected chi connectivity index (χ2v) is 8.31. The maximum Gasteiger partial charge on any atom is 0.317 e. The number of nitrogens with zero attached hydrogens (tertiary/aromatic N) is 1. The lowest BCUT2D eigenvalue weighted by molar-refractivity contribution is -0.126. The molecule has 1 saturated heterocycles. The highest BCUT2D eigenvalue weighted by molar-refractivity contribution is 5.80. The average Bonchev–Trinajstić information content (AvgIpc) is 3.20. The van der Waals surface area contributed by atoms with Crippen molar-refractivity contribution in [2.24, 2.45) is 5.92 Å². The van der Waals surface area contributed by atoms with Crippen LogP contribution in [0.5, 0.6) is 0 Å². The summed E-state index contributed by atoms with van der Waals surface area (Å²) in [6, 6.07) is 13.1. The topological polar surface area (TPSA) is 74.6 Å². The van der Waals surface area contributed by atoms with Crippen LogP contribution >= 0.6 is 0 Å². The molecule has 3 rings (SSSR count). The van der Waals surface area contributed by atoms with Gasteiger partial charge in [0.15, 0.2) is 0 Å². The molecular formula is C22H29N3O3. The van der Waals surface area contributed by atoms with Crippen molar-refractivity contribution in [3.8, 4) is 0 Å². The first kappa shape index (κ1) is 20.0. The molecule has 1 aromatic carbocycles. The lowest BCUT2D eigenvalue weighted by Crippen LogP contribution is -2.51. The van der Waals surface area contributed by atoms with E-state index in [1.54, 1.807) is 11.2 Å². The molecule has 1 atom stereocenters. The minimum Gasteiger partial charge on any atom is -0.467 e. The molecule has 6 nitrogen and oxygen atoms in total. The molecule has 1 fully saturated rings. The average molecular weight is 383 g/mol. The largest absolute Gasteiger partial charge is 0.467 e. The molecule has 150 valence electrons. The summed E-state index contributed by atoms with van der Waals surface area (Å²) in [5.41, 5.74) is 0.713. The molecule has 0 bridgehead atoms. The van der Waals surface area contributed by atoms with Crippen molar-refractivity contribution in [2.75, 3.05) is 13.1 Å². The predicted molar refractivity (Wildman–Crippen MR) is 108 cm³/mol. The summed E-state index contributed by atoms with van der Waals surface area (Å²) in [6.07, 6.45) is 2.93. The van der Waals surface area contributed by atoms with Gasteiger partial charge in [-0.3, -0.25) is 4.79 Å². The minimum absolute atomic E-state index is 0.00105. The number of rotatable bonds is 4. The number of benzene rings is 1. The van der Waals surface area contributed by atoms with E-state index in [1.807, 2.05) is 63.2 Å². The molecule has 28 heavy (non-hydrogen) atoms. The zero-order chi connectivity index (χ0) is 20.1. The van der Waals surface area contributed by atoms with Crippen LogP contribution in [0.4, 0.5) is 4.79 Å². The van der Waals surface area contributed by atoms with Crippen LogP contribution in [-0.2, 0) is 4.79 Å². The Bertz CT molecular complexity index is 773. The van der Waals surface area contributed by atoms with Crippen molar-refractivity contribution in [1.82, 2.24) is 15.5 Å². The molecule has 3 amide bonds. The Morgan fingerprint density at radius 1 is 1.07 bits per heavy atom. The lowest BCUT2D eigenvalue weighted by atomic mass is 9.94. The summed E-state index contributed by atoms with van der Waals surface area (Å²) in [5, 5.41) is 6.12. The molecule has 1 aromatic heterocycles. The molecule has 1 unspecified atom stereocenters. The highest BCUT2D eigenvalue weighted by Crippen LogP contribution is 2.25. The number of carbonyl (C=O) groups is 2. The van der Waals surface area contributed by atoms with Crippen molar-refractivity contribution in [3.63, 3.8) is 0 Å². The van der Waals surface area contributed by atoms with Crippen LogP contribution in [-0.4, -0.2) is 35.5 Å². The number of carbonyl (C=O) groups excluding carboxylic acids is 2. The molecule has 2 N–H and O–H groups in total. The number of furan rings is 1. The minimum atomic E-state index is -0.314. The van der Waals surface area contributed by atoms with Crippen LogP contribution in [0.1, 0.15) is 51.0 Å². The van der Waals surface area contributed by atoms with Gasteiger partial charge in [-0.05, 0) is 51.3 Å². The Kier molecular flexibility index (Phi) is 6.07. The standard InChI is InChI=1S/C22H29N3O3/c1-22(2,3)24-21(27)25-13-11-17(12-14-25)20(26)23-19(18-10-7-15-28-18)16-8-5-4-6-9-16/h4-10,15,17,19H,11-14H2,1-3H3,(H,23,26)(H,24,27). The van der Waals surface area contributed by atoms with Crippen molar-refractivity contribution >= 4 is 11.9 Å². The molecule has 0 aliphatic carbocycles. The number of hydrogen-bond donors (Lipinski definition) is 2. The third-order valence-electron chi connectivity index (χ3n) is 4.88. The highest BCUT2D eigenvalue weighted by atomic mass is 16.3. The van der Waals surface area contributed by atoms with Crippen LogP contribution in [0.25, 0.3) is 0 Å². The maximum absolute atomic E-state index is 12.9. The van der Waals surface area contributed by atoms with E-state index < -0.39 is 0 Å². The molecule has 2 aromatic rings. The number of urea groups is 1. The number of likely N-dealkylation sites (tertiary alicyclic amines) is 1. The second-order valence-electron chi connectivity index (χ2n) is 8.31.